The molecule has 1 rings (SSSR count). The summed E-state index contributed by atoms with van der Waals surface area (Å²) < 4.78 is 0. The van der Waals surface area contributed by atoms with Crippen molar-refractivity contribution in [2.24, 2.45) is 0 Å². The predicted octanol–water partition coefficient (Wildman–Crippen LogP) is 1.27. The summed E-state index contributed by atoms with van der Waals surface area (Å²) in [7, 11) is 0. The van der Waals surface area contributed by atoms with Gasteiger partial charge in [0.05, 0.1) is 5.60 Å². The van der Waals surface area contributed by atoms with E-state index >= 15 is 0 Å². The second-order valence-corrected chi connectivity index (χ2v) is 5.16. The molecule has 0 bridgehead atoms. The van der Waals surface area contributed by atoms with Crippen molar-refractivity contribution >= 4 is 0 Å². The van der Waals surface area contributed by atoms with E-state index < -0.39 is 5.60 Å². The average molecular weight is 214 g/mol. The topological polar surface area (TPSA) is 44.3 Å². The lowest BCUT2D eigenvalue weighted by Crippen LogP contribution is -2.43. The molecule has 0 radical (unpaired) electrons. The molecule has 3 N–H and O–H groups in total. The molecular formula is C12H26N2O. The largest absolute Gasteiger partial charge is 0.389 e. The normalized spacial score (nSPS) is 27.6. The zero-order valence-electron chi connectivity index (χ0n) is 10.3. The third-order valence-electron chi connectivity index (χ3n) is 3.39. The minimum atomic E-state index is -0.558. The SMILES string of the molecule is CCC(C)(O)CNC(C)CC1CCCN1. The van der Waals surface area contributed by atoms with Gasteiger partial charge in [0.25, 0.3) is 0 Å². The Kier molecular flexibility index (Phi) is 5.03. The maximum Gasteiger partial charge on any atom is 0.0741 e. The summed E-state index contributed by atoms with van der Waals surface area (Å²) in [6, 6.07) is 1.16. The van der Waals surface area contributed by atoms with E-state index in [0.717, 1.165) is 6.42 Å². The number of hydrogen-bond acceptors (Lipinski definition) is 3. The van der Waals surface area contributed by atoms with E-state index in [4.69, 9.17) is 0 Å². The quantitative estimate of drug-likeness (QED) is 0.624. The van der Waals surface area contributed by atoms with E-state index in [0.29, 0.717) is 18.6 Å². The fourth-order valence-electron chi connectivity index (χ4n) is 1.99. The summed E-state index contributed by atoms with van der Waals surface area (Å²) in [4.78, 5) is 0. The van der Waals surface area contributed by atoms with Gasteiger partial charge in [-0.25, -0.2) is 0 Å². The molecule has 0 amide bonds. The lowest BCUT2D eigenvalue weighted by Gasteiger charge is -2.25. The molecule has 0 spiro atoms. The Morgan fingerprint density at radius 1 is 1.60 bits per heavy atom. The zero-order chi connectivity index (χ0) is 11.3. The fourth-order valence-corrected chi connectivity index (χ4v) is 1.99. The van der Waals surface area contributed by atoms with Gasteiger partial charge in [0.1, 0.15) is 0 Å². The van der Waals surface area contributed by atoms with Crippen LogP contribution >= 0.6 is 0 Å². The van der Waals surface area contributed by atoms with Gasteiger partial charge in [-0.1, -0.05) is 6.92 Å². The highest BCUT2D eigenvalue weighted by Crippen LogP contribution is 2.12. The van der Waals surface area contributed by atoms with Gasteiger partial charge in [-0.3, -0.25) is 0 Å². The highest BCUT2D eigenvalue weighted by atomic mass is 16.3. The molecule has 3 unspecified atom stereocenters. The summed E-state index contributed by atoms with van der Waals surface area (Å²) >= 11 is 0. The van der Waals surface area contributed by atoms with Crippen LogP contribution in [0.15, 0.2) is 0 Å². The molecule has 0 aromatic rings. The molecule has 15 heavy (non-hydrogen) atoms. The Balaban J connectivity index is 2.15. The van der Waals surface area contributed by atoms with Gasteiger partial charge in [0, 0.05) is 18.6 Å². The van der Waals surface area contributed by atoms with Crippen LogP contribution in [-0.4, -0.2) is 35.9 Å². The average Bonchev–Trinajstić information content (AvgIpc) is 2.68. The highest BCUT2D eigenvalue weighted by Gasteiger charge is 2.20. The van der Waals surface area contributed by atoms with Gasteiger partial charge in [-0.2, -0.15) is 0 Å². The Bertz CT molecular complexity index is 176. The number of nitrogens with one attached hydrogen (secondary N) is 2. The first-order valence-electron chi connectivity index (χ1n) is 6.22. The summed E-state index contributed by atoms with van der Waals surface area (Å²) in [5.74, 6) is 0. The maximum absolute atomic E-state index is 9.85. The van der Waals surface area contributed by atoms with Crippen LogP contribution in [0.25, 0.3) is 0 Å². The molecule has 1 aliphatic heterocycles. The van der Waals surface area contributed by atoms with Crippen molar-refractivity contribution < 1.29 is 5.11 Å². The second kappa shape index (κ2) is 5.83. The molecule has 1 fully saturated rings. The van der Waals surface area contributed by atoms with Crippen molar-refractivity contribution in [3.8, 4) is 0 Å². The van der Waals surface area contributed by atoms with E-state index in [1.807, 2.05) is 13.8 Å². The van der Waals surface area contributed by atoms with Crippen molar-refractivity contribution in [3.05, 3.63) is 0 Å². The Morgan fingerprint density at radius 2 is 2.33 bits per heavy atom. The van der Waals surface area contributed by atoms with Gasteiger partial charge < -0.3 is 15.7 Å². The van der Waals surface area contributed by atoms with Crippen molar-refractivity contribution in [1.82, 2.24) is 10.6 Å². The second-order valence-electron chi connectivity index (χ2n) is 5.16. The van der Waals surface area contributed by atoms with Crippen LogP contribution in [0.5, 0.6) is 0 Å². The van der Waals surface area contributed by atoms with Gasteiger partial charge in [-0.05, 0) is 46.1 Å². The molecule has 3 heteroatoms. The first-order chi connectivity index (χ1) is 7.03. The van der Waals surface area contributed by atoms with Gasteiger partial charge >= 0.3 is 0 Å². The van der Waals surface area contributed by atoms with E-state index in [1.54, 1.807) is 0 Å². The first kappa shape index (κ1) is 12.9. The van der Waals surface area contributed by atoms with Crippen LogP contribution in [0.4, 0.5) is 0 Å². The van der Waals surface area contributed by atoms with Crippen LogP contribution in [0.2, 0.25) is 0 Å². The smallest absolute Gasteiger partial charge is 0.0741 e. The molecule has 0 aliphatic carbocycles. The van der Waals surface area contributed by atoms with E-state index in [9.17, 15) is 5.11 Å². The third kappa shape index (κ3) is 4.96. The molecule has 90 valence electrons. The van der Waals surface area contributed by atoms with E-state index in [2.05, 4.69) is 17.6 Å². The van der Waals surface area contributed by atoms with Crippen LogP contribution < -0.4 is 10.6 Å². The molecular weight excluding hydrogens is 188 g/mol. The summed E-state index contributed by atoms with van der Waals surface area (Å²) in [6.07, 6.45) is 4.58. The number of hydrogen-bond donors (Lipinski definition) is 3. The zero-order valence-corrected chi connectivity index (χ0v) is 10.3. The van der Waals surface area contributed by atoms with Gasteiger partial charge in [-0.15, -0.1) is 0 Å². The van der Waals surface area contributed by atoms with Crippen molar-refractivity contribution in [2.45, 2.75) is 64.1 Å². The lowest BCUT2D eigenvalue weighted by atomic mass is 10.0. The molecule has 3 nitrogen and oxygen atoms in total. The number of rotatable bonds is 6. The Morgan fingerprint density at radius 3 is 2.87 bits per heavy atom. The van der Waals surface area contributed by atoms with Crippen molar-refractivity contribution in [1.29, 1.82) is 0 Å². The van der Waals surface area contributed by atoms with Crippen molar-refractivity contribution in [3.63, 3.8) is 0 Å². The van der Waals surface area contributed by atoms with Gasteiger partial charge in [0.2, 0.25) is 0 Å². The minimum absolute atomic E-state index is 0.485. The predicted molar refractivity (Wildman–Crippen MR) is 64.0 cm³/mol. The molecule has 1 saturated heterocycles. The molecule has 3 atom stereocenters. The lowest BCUT2D eigenvalue weighted by molar-refractivity contribution is 0.0528. The van der Waals surface area contributed by atoms with E-state index in [-0.39, 0.29) is 0 Å². The van der Waals surface area contributed by atoms with Crippen LogP contribution in [0.1, 0.15) is 46.5 Å². The van der Waals surface area contributed by atoms with Crippen LogP contribution in [-0.2, 0) is 0 Å². The standard InChI is InChI=1S/C12H26N2O/c1-4-12(3,15)9-14-10(2)8-11-6-5-7-13-11/h10-11,13-15H,4-9H2,1-3H3. The van der Waals surface area contributed by atoms with Crippen LogP contribution in [0.3, 0.4) is 0 Å². The molecule has 1 aliphatic rings. The Hall–Kier alpha value is -0.120. The molecule has 1 heterocycles. The first-order valence-corrected chi connectivity index (χ1v) is 6.22. The third-order valence-corrected chi connectivity index (χ3v) is 3.39. The number of aliphatic hydroxyl groups is 1. The maximum atomic E-state index is 9.85. The summed E-state index contributed by atoms with van der Waals surface area (Å²) in [5, 5.41) is 16.8. The summed E-state index contributed by atoms with van der Waals surface area (Å²) in [5.41, 5.74) is -0.558. The molecule has 0 aromatic heterocycles. The molecule has 0 saturated carbocycles. The minimum Gasteiger partial charge on any atom is -0.389 e. The molecule has 0 aromatic carbocycles. The fraction of sp³-hybridized carbons (Fsp3) is 1.00. The Labute approximate surface area is 93.6 Å². The summed E-state index contributed by atoms with van der Waals surface area (Å²) in [6.45, 7) is 7.97. The monoisotopic (exact) mass is 214 g/mol. The van der Waals surface area contributed by atoms with Crippen molar-refractivity contribution in [2.75, 3.05) is 13.1 Å². The van der Waals surface area contributed by atoms with Crippen LogP contribution in [0, 0.1) is 0 Å². The highest BCUT2D eigenvalue weighted by molar-refractivity contribution is 4.81. The van der Waals surface area contributed by atoms with Gasteiger partial charge in [0.15, 0.2) is 0 Å². The van der Waals surface area contributed by atoms with E-state index in [1.165, 1.54) is 25.8 Å².